The van der Waals surface area contributed by atoms with Crippen LogP contribution in [0.2, 0.25) is 0 Å². The van der Waals surface area contributed by atoms with Crippen molar-refractivity contribution in [3.63, 3.8) is 0 Å². The van der Waals surface area contributed by atoms with Gasteiger partial charge in [-0.05, 0) is 25.2 Å². The number of hydrogen-bond acceptors (Lipinski definition) is 3. The number of halogens is 2. The average molecular weight is 266 g/mol. The van der Waals surface area contributed by atoms with Crippen molar-refractivity contribution in [2.75, 3.05) is 13.6 Å². The minimum Gasteiger partial charge on any atom is -0.472 e. The fraction of sp³-hybridized carbons (Fsp3) is 0.286. The smallest absolute Gasteiger partial charge is 0.130 e. The summed E-state index contributed by atoms with van der Waals surface area (Å²) in [6, 6.07) is 5.12. The van der Waals surface area contributed by atoms with Gasteiger partial charge < -0.3 is 10.2 Å². The van der Waals surface area contributed by atoms with Crippen LogP contribution in [0.3, 0.4) is 0 Å². The third kappa shape index (κ3) is 3.00. The fourth-order valence-corrected chi connectivity index (χ4v) is 2.13. The number of nitrogens with two attached hydrogens (primary N) is 1. The van der Waals surface area contributed by atoms with Crippen molar-refractivity contribution in [3.8, 4) is 0 Å². The Bertz CT molecular complexity index is 508. The van der Waals surface area contributed by atoms with Crippen LogP contribution in [0.1, 0.15) is 17.2 Å². The normalized spacial score (nSPS) is 12.9. The van der Waals surface area contributed by atoms with E-state index in [0.29, 0.717) is 6.54 Å². The van der Waals surface area contributed by atoms with Gasteiger partial charge >= 0.3 is 0 Å². The van der Waals surface area contributed by atoms with Crippen LogP contribution in [0.25, 0.3) is 0 Å². The summed E-state index contributed by atoms with van der Waals surface area (Å²) in [5, 5.41) is 0. The third-order valence-electron chi connectivity index (χ3n) is 3.10. The predicted molar refractivity (Wildman–Crippen MR) is 68.3 cm³/mol. The third-order valence-corrected chi connectivity index (χ3v) is 3.10. The molecule has 2 rings (SSSR count). The maximum Gasteiger partial charge on any atom is 0.130 e. The van der Waals surface area contributed by atoms with Gasteiger partial charge in [-0.1, -0.05) is 6.07 Å². The van der Waals surface area contributed by atoms with Crippen LogP contribution in [0.5, 0.6) is 0 Å². The molecule has 3 nitrogen and oxygen atoms in total. The second-order valence-corrected chi connectivity index (χ2v) is 4.43. The Hall–Kier alpha value is -1.72. The number of rotatable bonds is 5. The summed E-state index contributed by atoms with van der Waals surface area (Å²) in [5.74, 6) is -1.15. The van der Waals surface area contributed by atoms with Crippen molar-refractivity contribution in [2.45, 2.75) is 12.6 Å². The molecular weight excluding hydrogens is 250 g/mol. The van der Waals surface area contributed by atoms with Crippen LogP contribution >= 0.6 is 0 Å². The van der Waals surface area contributed by atoms with E-state index in [-0.39, 0.29) is 12.1 Å². The zero-order valence-corrected chi connectivity index (χ0v) is 10.6. The molecule has 2 N–H and O–H groups in total. The van der Waals surface area contributed by atoms with E-state index in [0.717, 1.165) is 5.56 Å². The van der Waals surface area contributed by atoms with Gasteiger partial charge in [0.2, 0.25) is 0 Å². The zero-order valence-electron chi connectivity index (χ0n) is 10.6. The van der Waals surface area contributed by atoms with E-state index >= 15 is 0 Å². The molecule has 102 valence electrons. The Labute approximate surface area is 110 Å². The summed E-state index contributed by atoms with van der Waals surface area (Å²) < 4.78 is 32.5. The van der Waals surface area contributed by atoms with Gasteiger partial charge in [-0.2, -0.15) is 0 Å². The minimum atomic E-state index is -0.575. The summed E-state index contributed by atoms with van der Waals surface area (Å²) in [6.45, 7) is 0.637. The maximum absolute atomic E-state index is 13.8. The Morgan fingerprint density at radius 3 is 2.47 bits per heavy atom. The molecule has 1 atom stereocenters. The number of nitrogens with zero attached hydrogens (tertiary/aromatic N) is 1. The lowest BCUT2D eigenvalue weighted by Gasteiger charge is -2.27. The summed E-state index contributed by atoms with van der Waals surface area (Å²) >= 11 is 0. The molecule has 0 saturated heterocycles. The first kappa shape index (κ1) is 13.7. The Morgan fingerprint density at radius 1 is 1.26 bits per heavy atom. The van der Waals surface area contributed by atoms with E-state index in [2.05, 4.69) is 0 Å². The van der Waals surface area contributed by atoms with E-state index in [4.69, 9.17) is 10.2 Å². The number of likely N-dealkylation sites (N-methyl/N-ethyl adjacent to an activating group) is 1. The number of benzene rings is 1. The lowest BCUT2D eigenvalue weighted by Crippen LogP contribution is -2.31. The van der Waals surface area contributed by atoms with Gasteiger partial charge in [-0.3, -0.25) is 4.90 Å². The van der Waals surface area contributed by atoms with Gasteiger partial charge in [0.1, 0.15) is 11.6 Å². The molecule has 2 aromatic rings. The van der Waals surface area contributed by atoms with E-state index in [1.54, 1.807) is 24.5 Å². The Morgan fingerprint density at radius 2 is 1.95 bits per heavy atom. The van der Waals surface area contributed by atoms with E-state index in [1.165, 1.54) is 18.2 Å². The standard InChI is InChI=1S/C14H16F2N2O/c1-18(8-10-5-6-19-9-10)13(7-17)14-11(15)3-2-4-12(14)16/h2-6,9,13H,7-8,17H2,1H3. The topological polar surface area (TPSA) is 42.4 Å². The van der Waals surface area contributed by atoms with Gasteiger partial charge in [0.25, 0.3) is 0 Å². The molecule has 0 fully saturated rings. The quantitative estimate of drug-likeness (QED) is 0.904. The van der Waals surface area contributed by atoms with Crippen LogP contribution in [0, 0.1) is 11.6 Å². The molecule has 0 bridgehead atoms. The average Bonchev–Trinajstić information content (AvgIpc) is 2.86. The van der Waals surface area contributed by atoms with Gasteiger partial charge in [-0.25, -0.2) is 8.78 Å². The lowest BCUT2D eigenvalue weighted by molar-refractivity contribution is 0.230. The predicted octanol–water partition coefficient (Wildman–Crippen LogP) is 2.69. The molecular formula is C14H16F2N2O. The highest BCUT2D eigenvalue weighted by Crippen LogP contribution is 2.25. The summed E-state index contributed by atoms with van der Waals surface area (Å²) in [7, 11) is 1.77. The van der Waals surface area contributed by atoms with Crippen molar-refractivity contribution in [1.29, 1.82) is 0 Å². The minimum absolute atomic E-state index is 0.0102. The molecule has 5 heteroatoms. The highest BCUT2D eigenvalue weighted by molar-refractivity contribution is 5.24. The molecule has 1 aromatic carbocycles. The molecule has 1 aromatic heterocycles. The van der Waals surface area contributed by atoms with Gasteiger partial charge in [0.05, 0.1) is 18.6 Å². The van der Waals surface area contributed by atoms with Crippen molar-refractivity contribution in [2.24, 2.45) is 5.73 Å². The number of hydrogen-bond donors (Lipinski definition) is 1. The molecule has 1 unspecified atom stereocenters. The van der Waals surface area contributed by atoms with Crippen LogP contribution in [0.15, 0.2) is 41.2 Å². The van der Waals surface area contributed by atoms with E-state index in [1.807, 2.05) is 6.07 Å². The van der Waals surface area contributed by atoms with Crippen LogP contribution in [0.4, 0.5) is 8.78 Å². The fourth-order valence-electron chi connectivity index (χ4n) is 2.13. The monoisotopic (exact) mass is 266 g/mol. The Kier molecular flexibility index (Phi) is 4.29. The molecule has 1 heterocycles. The lowest BCUT2D eigenvalue weighted by atomic mass is 10.0. The van der Waals surface area contributed by atoms with Crippen molar-refractivity contribution in [1.82, 2.24) is 4.90 Å². The zero-order chi connectivity index (χ0) is 13.8. The van der Waals surface area contributed by atoms with Crippen LogP contribution in [-0.4, -0.2) is 18.5 Å². The highest BCUT2D eigenvalue weighted by atomic mass is 19.1. The van der Waals surface area contributed by atoms with E-state index in [9.17, 15) is 8.78 Å². The first-order chi connectivity index (χ1) is 9.13. The van der Waals surface area contributed by atoms with Crippen LogP contribution < -0.4 is 5.73 Å². The molecule has 19 heavy (non-hydrogen) atoms. The van der Waals surface area contributed by atoms with Gasteiger partial charge in [0.15, 0.2) is 0 Å². The molecule has 0 aliphatic carbocycles. The molecule has 0 aliphatic heterocycles. The number of furan rings is 1. The summed E-state index contributed by atoms with van der Waals surface area (Å²) in [6.07, 6.45) is 3.16. The summed E-state index contributed by atoms with van der Waals surface area (Å²) in [4.78, 5) is 1.80. The maximum atomic E-state index is 13.8. The molecule has 0 amide bonds. The molecule has 0 aliphatic rings. The second-order valence-electron chi connectivity index (χ2n) is 4.43. The first-order valence-corrected chi connectivity index (χ1v) is 5.98. The summed E-state index contributed by atoms with van der Waals surface area (Å²) in [5.41, 5.74) is 6.61. The molecule has 0 saturated carbocycles. The van der Waals surface area contributed by atoms with E-state index < -0.39 is 17.7 Å². The first-order valence-electron chi connectivity index (χ1n) is 5.98. The Balaban J connectivity index is 2.24. The highest BCUT2D eigenvalue weighted by Gasteiger charge is 2.22. The largest absolute Gasteiger partial charge is 0.472 e. The van der Waals surface area contributed by atoms with Gasteiger partial charge in [0, 0.05) is 24.2 Å². The van der Waals surface area contributed by atoms with Crippen molar-refractivity contribution in [3.05, 3.63) is 59.6 Å². The van der Waals surface area contributed by atoms with Crippen molar-refractivity contribution < 1.29 is 13.2 Å². The molecule has 0 spiro atoms. The SMILES string of the molecule is CN(Cc1ccoc1)C(CN)c1c(F)cccc1F. The second kappa shape index (κ2) is 5.95. The van der Waals surface area contributed by atoms with Gasteiger partial charge in [-0.15, -0.1) is 0 Å². The van der Waals surface area contributed by atoms with Crippen molar-refractivity contribution >= 4 is 0 Å². The molecule has 0 radical (unpaired) electrons. The van der Waals surface area contributed by atoms with Crippen LogP contribution in [-0.2, 0) is 6.54 Å².